The molecule has 1 aromatic carbocycles. The van der Waals surface area contributed by atoms with Gasteiger partial charge in [-0.25, -0.2) is 9.07 Å². The van der Waals surface area contributed by atoms with Crippen molar-refractivity contribution >= 4 is 11.6 Å². The zero-order chi connectivity index (χ0) is 14.5. The van der Waals surface area contributed by atoms with Gasteiger partial charge in [0.2, 0.25) is 0 Å². The number of nitrogens with zero attached hydrogens (tertiary/aromatic N) is 2. The van der Waals surface area contributed by atoms with Gasteiger partial charge in [0, 0.05) is 23.7 Å². The molecule has 5 heteroatoms. The molecule has 1 heterocycles. The summed E-state index contributed by atoms with van der Waals surface area (Å²) in [5, 5.41) is 7.90. The Morgan fingerprint density at radius 3 is 2.60 bits per heavy atom. The predicted octanol–water partition coefficient (Wildman–Crippen LogP) is 3.35. The Labute approximate surface area is 123 Å². The molecule has 0 aliphatic heterocycles. The van der Waals surface area contributed by atoms with Crippen molar-refractivity contribution in [2.75, 3.05) is 12.4 Å². The second-order valence-electron chi connectivity index (χ2n) is 4.76. The number of alkyl halides is 1. The lowest BCUT2D eigenvalue weighted by atomic mass is 10.2. The van der Waals surface area contributed by atoms with E-state index in [9.17, 15) is 4.39 Å². The highest BCUT2D eigenvalue weighted by Crippen LogP contribution is 2.18. The van der Waals surface area contributed by atoms with Crippen molar-refractivity contribution in [1.29, 1.82) is 0 Å². The van der Waals surface area contributed by atoms with Gasteiger partial charge >= 0.3 is 0 Å². The van der Waals surface area contributed by atoms with Crippen molar-refractivity contribution < 1.29 is 4.39 Å². The van der Waals surface area contributed by atoms with E-state index in [1.807, 2.05) is 18.5 Å². The average Bonchev–Trinajstić information content (AvgIpc) is 2.72. The first kappa shape index (κ1) is 15.0. The van der Waals surface area contributed by atoms with E-state index < -0.39 is 0 Å². The molecule has 1 aromatic heterocycles. The van der Waals surface area contributed by atoms with E-state index >= 15 is 0 Å². The maximum Gasteiger partial charge on any atom is 0.123 e. The number of aromatic nitrogens is 2. The zero-order valence-corrected chi connectivity index (χ0v) is 12.5. The molecule has 0 bridgehead atoms. The fourth-order valence-corrected chi connectivity index (χ4v) is 2.30. The van der Waals surface area contributed by atoms with Crippen molar-refractivity contribution in [2.45, 2.75) is 26.8 Å². The van der Waals surface area contributed by atoms with Gasteiger partial charge in [-0.2, -0.15) is 5.10 Å². The molecule has 0 radical (unpaired) electrons. The van der Waals surface area contributed by atoms with Gasteiger partial charge in [-0.15, -0.1) is 11.6 Å². The van der Waals surface area contributed by atoms with Crippen LogP contribution in [0.3, 0.4) is 0 Å². The summed E-state index contributed by atoms with van der Waals surface area (Å²) in [7, 11) is 0. The van der Waals surface area contributed by atoms with E-state index in [-0.39, 0.29) is 5.82 Å². The molecule has 0 unspecified atom stereocenters. The molecule has 0 aliphatic carbocycles. The van der Waals surface area contributed by atoms with Crippen LogP contribution in [0.4, 0.5) is 4.39 Å². The Hall–Kier alpha value is -1.39. The maximum absolute atomic E-state index is 13.0. The van der Waals surface area contributed by atoms with Crippen LogP contribution in [0.1, 0.15) is 23.4 Å². The van der Waals surface area contributed by atoms with Crippen LogP contribution in [-0.4, -0.2) is 22.2 Å². The van der Waals surface area contributed by atoms with Gasteiger partial charge in [-0.1, -0.05) is 0 Å². The smallest absolute Gasteiger partial charge is 0.123 e. The number of hydrogen-bond acceptors (Lipinski definition) is 2. The minimum atomic E-state index is -0.238. The summed E-state index contributed by atoms with van der Waals surface area (Å²) in [5.74, 6) is 0.429. The number of halogens is 2. The van der Waals surface area contributed by atoms with E-state index in [4.69, 9.17) is 11.6 Å². The van der Waals surface area contributed by atoms with Gasteiger partial charge in [0.25, 0.3) is 0 Å². The van der Waals surface area contributed by atoms with Crippen LogP contribution in [0, 0.1) is 19.7 Å². The summed E-state index contributed by atoms with van der Waals surface area (Å²) < 4.78 is 14.8. The minimum absolute atomic E-state index is 0.238. The maximum atomic E-state index is 13.0. The molecule has 0 saturated carbocycles. The third-order valence-corrected chi connectivity index (χ3v) is 3.57. The number of benzene rings is 1. The molecule has 0 aliphatic rings. The fraction of sp³-hybridized carbons (Fsp3) is 0.400. The van der Waals surface area contributed by atoms with E-state index in [0.717, 1.165) is 36.6 Å². The summed E-state index contributed by atoms with van der Waals surface area (Å²) in [6, 6.07) is 6.37. The Bertz CT molecular complexity index is 563. The first-order chi connectivity index (χ1) is 9.63. The quantitative estimate of drug-likeness (QED) is 0.654. The van der Waals surface area contributed by atoms with Crippen molar-refractivity contribution in [3.8, 4) is 5.69 Å². The lowest BCUT2D eigenvalue weighted by Crippen LogP contribution is -2.16. The first-order valence-electron chi connectivity index (χ1n) is 6.71. The summed E-state index contributed by atoms with van der Waals surface area (Å²) in [6.45, 7) is 5.69. The minimum Gasteiger partial charge on any atom is -0.312 e. The van der Waals surface area contributed by atoms with Crippen molar-refractivity contribution in [2.24, 2.45) is 0 Å². The molecule has 0 fully saturated rings. The highest BCUT2D eigenvalue weighted by Gasteiger charge is 2.12. The van der Waals surface area contributed by atoms with E-state index in [1.165, 1.54) is 17.7 Å². The molecule has 20 heavy (non-hydrogen) atoms. The van der Waals surface area contributed by atoms with Gasteiger partial charge < -0.3 is 5.32 Å². The van der Waals surface area contributed by atoms with Crippen molar-refractivity contribution in [3.63, 3.8) is 0 Å². The molecule has 0 spiro atoms. The average molecular weight is 296 g/mol. The number of nitrogens with one attached hydrogen (secondary N) is 1. The summed E-state index contributed by atoms with van der Waals surface area (Å²) in [5.41, 5.74) is 4.13. The second-order valence-corrected chi connectivity index (χ2v) is 5.13. The Morgan fingerprint density at radius 2 is 1.95 bits per heavy atom. The van der Waals surface area contributed by atoms with Crippen LogP contribution >= 0.6 is 11.6 Å². The largest absolute Gasteiger partial charge is 0.312 e. The monoisotopic (exact) mass is 295 g/mol. The van der Waals surface area contributed by atoms with E-state index in [1.54, 1.807) is 12.1 Å². The third-order valence-electron chi connectivity index (χ3n) is 3.30. The van der Waals surface area contributed by atoms with E-state index in [2.05, 4.69) is 10.4 Å². The summed E-state index contributed by atoms with van der Waals surface area (Å²) in [6.07, 6.45) is 0.950. The van der Waals surface area contributed by atoms with Gasteiger partial charge in [0.15, 0.2) is 0 Å². The highest BCUT2D eigenvalue weighted by atomic mass is 35.5. The van der Waals surface area contributed by atoms with Crippen molar-refractivity contribution in [3.05, 3.63) is 47.0 Å². The molecule has 0 amide bonds. The number of aryl methyl sites for hydroxylation is 1. The standard InChI is InChI=1S/C15H19ClFN3/c1-11-15(10-18-9-3-8-16)12(2)20(19-11)14-6-4-13(17)5-7-14/h4-7,18H,3,8-10H2,1-2H3. The van der Waals surface area contributed by atoms with Gasteiger partial charge in [-0.05, 0) is 51.1 Å². The van der Waals surface area contributed by atoms with Crippen LogP contribution in [-0.2, 0) is 6.54 Å². The third kappa shape index (κ3) is 3.38. The zero-order valence-electron chi connectivity index (χ0n) is 11.8. The molecule has 0 atom stereocenters. The fourth-order valence-electron chi connectivity index (χ4n) is 2.17. The molecule has 2 aromatic rings. The molecule has 108 valence electrons. The number of rotatable bonds is 6. The molecule has 2 rings (SSSR count). The highest BCUT2D eigenvalue weighted by molar-refractivity contribution is 6.17. The van der Waals surface area contributed by atoms with E-state index in [0.29, 0.717) is 5.88 Å². The lowest BCUT2D eigenvalue weighted by Gasteiger charge is -2.06. The van der Waals surface area contributed by atoms with Crippen LogP contribution in [0.2, 0.25) is 0 Å². The topological polar surface area (TPSA) is 29.9 Å². The Balaban J connectivity index is 2.17. The second kappa shape index (κ2) is 6.86. The van der Waals surface area contributed by atoms with Crippen molar-refractivity contribution in [1.82, 2.24) is 15.1 Å². The van der Waals surface area contributed by atoms with Crippen LogP contribution in [0.15, 0.2) is 24.3 Å². The normalized spacial score (nSPS) is 11.0. The molecule has 0 saturated heterocycles. The van der Waals surface area contributed by atoms with Gasteiger partial charge in [0.1, 0.15) is 5.82 Å². The molecule has 3 nitrogen and oxygen atoms in total. The van der Waals surface area contributed by atoms with Gasteiger partial charge in [0.05, 0.1) is 11.4 Å². The van der Waals surface area contributed by atoms with Gasteiger partial charge in [-0.3, -0.25) is 0 Å². The SMILES string of the molecule is Cc1nn(-c2ccc(F)cc2)c(C)c1CNCCCCl. The molecule has 1 N–H and O–H groups in total. The first-order valence-corrected chi connectivity index (χ1v) is 7.24. The summed E-state index contributed by atoms with van der Waals surface area (Å²) >= 11 is 5.66. The Kier molecular flexibility index (Phi) is 5.15. The molecular formula is C15H19ClFN3. The predicted molar refractivity (Wildman–Crippen MR) is 80.0 cm³/mol. The Morgan fingerprint density at radius 1 is 1.25 bits per heavy atom. The number of hydrogen-bond donors (Lipinski definition) is 1. The van der Waals surface area contributed by atoms with Crippen LogP contribution in [0.5, 0.6) is 0 Å². The summed E-state index contributed by atoms with van der Waals surface area (Å²) in [4.78, 5) is 0. The lowest BCUT2D eigenvalue weighted by molar-refractivity contribution is 0.627. The van der Waals surface area contributed by atoms with Crippen LogP contribution in [0.25, 0.3) is 5.69 Å². The van der Waals surface area contributed by atoms with Crippen LogP contribution < -0.4 is 5.32 Å². The molecular weight excluding hydrogens is 277 g/mol.